The predicted octanol–water partition coefficient (Wildman–Crippen LogP) is 5.24. The van der Waals surface area contributed by atoms with Gasteiger partial charge in [0.15, 0.2) is 5.78 Å². The number of nitrogens with zero attached hydrogens (tertiary/aromatic N) is 1. The van der Waals surface area contributed by atoms with Crippen LogP contribution >= 0.6 is 0 Å². The zero-order valence-electron chi connectivity index (χ0n) is 15.9. The molecule has 0 saturated carbocycles. The van der Waals surface area contributed by atoms with Gasteiger partial charge in [0.2, 0.25) is 0 Å². The van der Waals surface area contributed by atoms with Gasteiger partial charge in [0.05, 0.1) is 5.41 Å². The number of halogens is 1. The topological polar surface area (TPSA) is 20.3 Å². The predicted molar refractivity (Wildman–Crippen MR) is 110 cm³/mol. The molecule has 0 aromatic heterocycles. The summed E-state index contributed by atoms with van der Waals surface area (Å²) >= 11 is 0. The van der Waals surface area contributed by atoms with Crippen LogP contribution in [0, 0.1) is 5.82 Å². The lowest BCUT2D eigenvalue weighted by Gasteiger charge is -2.41. The van der Waals surface area contributed by atoms with Gasteiger partial charge in [0.1, 0.15) is 5.82 Å². The molecule has 4 rings (SSSR count). The summed E-state index contributed by atoms with van der Waals surface area (Å²) < 4.78 is 13.4. The van der Waals surface area contributed by atoms with Gasteiger partial charge >= 0.3 is 0 Å². The first-order valence-corrected chi connectivity index (χ1v) is 9.80. The summed E-state index contributed by atoms with van der Waals surface area (Å²) in [4.78, 5) is 16.0. The van der Waals surface area contributed by atoms with Gasteiger partial charge in [-0.1, -0.05) is 60.7 Å². The molecule has 1 saturated heterocycles. The standard InChI is InChI=1S/C25H24FNO/c26-23-13-11-21(12-14-23)24(28)25(22-9-5-2-6-10-22)15-17-27(18-16-25)19-20-7-3-1-4-8-20/h1-14H,15-19H2. The molecule has 0 spiro atoms. The summed E-state index contributed by atoms with van der Waals surface area (Å²) in [5.41, 5.74) is 2.39. The molecule has 2 nitrogen and oxygen atoms in total. The minimum atomic E-state index is -0.549. The van der Waals surface area contributed by atoms with Gasteiger partial charge in [0.25, 0.3) is 0 Å². The fraction of sp³-hybridized carbons (Fsp3) is 0.240. The first-order chi connectivity index (χ1) is 13.7. The van der Waals surface area contributed by atoms with Crippen LogP contribution in [0.25, 0.3) is 0 Å². The van der Waals surface area contributed by atoms with Gasteiger partial charge in [-0.05, 0) is 61.3 Å². The highest BCUT2D eigenvalue weighted by Crippen LogP contribution is 2.39. The van der Waals surface area contributed by atoms with E-state index in [0.717, 1.165) is 38.0 Å². The average molecular weight is 373 g/mol. The number of Topliss-reactive ketones (excluding diaryl/α,β-unsaturated/α-hetero) is 1. The van der Waals surface area contributed by atoms with Crippen molar-refractivity contribution in [2.24, 2.45) is 0 Å². The van der Waals surface area contributed by atoms with Crippen LogP contribution < -0.4 is 0 Å². The Balaban J connectivity index is 1.59. The molecule has 28 heavy (non-hydrogen) atoms. The third-order valence-electron chi connectivity index (χ3n) is 5.83. The number of carbonyl (C=O) groups is 1. The maximum absolute atomic E-state index is 13.6. The van der Waals surface area contributed by atoms with Crippen LogP contribution in [0.3, 0.4) is 0 Å². The Morgan fingerprint density at radius 1 is 0.821 bits per heavy atom. The highest BCUT2D eigenvalue weighted by atomic mass is 19.1. The molecule has 0 atom stereocenters. The summed E-state index contributed by atoms with van der Waals surface area (Å²) in [6, 6.07) is 26.5. The summed E-state index contributed by atoms with van der Waals surface area (Å²) in [5, 5.41) is 0. The molecular formula is C25H24FNO. The fourth-order valence-electron chi connectivity index (χ4n) is 4.22. The van der Waals surface area contributed by atoms with Crippen LogP contribution in [-0.4, -0.2) is 23.8 Å². The number of ketones is 1. The monoisotopic (exact) mass is 373 g/mol. The van der Waals surface area contributed by atoms with E-state index < -0.39 is 5.41 Å². The number of rotatable bonds is 5. The average Bonchev–Trinajstić information content (AvgIpc) is 2.76. The van der Waals surface area contributed by atoms with Crippen LogP contribution in [0.4, 0.5) is 4.39 Å². The molecular weight excluding hydrogens is 349 g/mol. The van der Waals surface area contributed by atoms with E-state index in [2.05, 4.69) is 29.2 Å². The van der Waals surface area contributed by atoms with Gasteiger partial charge in [-0.2, -0.15) is 0 Å². The number of hydrogen-bond acceptors (Lipinski definition) is 2. The molecule has 3 aromatic rings. The van der Waals surface area contributed by atoms with Crippen molar-refractivity contribution in [3.8, 4) is 0 Å². The van der Waals surface area contributed by atoms with Crippen molar-refractivity contribution in [3.05, 3.63) is 107 Å². The third-order valence-corrected chi connectivity index (χ3v) is 5.83. The van der Waals surface area contributed by atoms with Gasteiger partial charge in [-0.3, -0.25) is 9.69 Å². The van der Waals surface area contributed by atoms with E-state index in [1.807, 2.05) is 36.4 Å². The Morgan fingerprint density at radius 2 is 1.39 bits per heavy atom. The lowest BCUT2D eigenvalue weighted by molar-refractivity contribution is 0.0763. The van der Waals surface area contributed by atoms with Gasteiger partial charge in [-0.25, -0.2) is 4.39 Å². The number of likely N-dealkylation sites (tertiary alicyclic amines) is 1. The molecule has 1 aliphatic rings. The van der Waals surface area contributed by atoms with E-state index in [-0.39, 0.29) is 11.6 Å². The van der Waals surface area contributed by atoms with Crippen molar-refractivity contribution < 1.29 is 9.18 Å². The first-order valence-electron chi connectivity index (χ1n) is 9.80. The molecule has 0 N–H and O–H groups in total. The lowest BCUT2D eigenvalue weighted by atomic mass is 9.68. The highest BCUT2D eigenvalue weighted by Gasteiger charge is 2.42. The van der Waals surface area contributed by atoms with Crippen LogP contribution in [0.1, 0.15) is 34.3 Å². The Bertz CT molecular complexity index is 914. The normalized spacial score (nSPS) is 16.6. The molecule has 0 unspecified atom stereocenters. The minimum Gasteiger partial charge on any atom is -0.299 e. The van der Waals surface area contributed by atoms with Crippen molar-refractivity contribution in [1.82, 2.24) is 4.90 Å². The molecule has 0 radical (unpaired) electrons. The maximum atomic E-state index is 13.6. The van der Waals surface area contributed by atoms with Crippen molar-refractivity contribution in [2.45, 2.75) is 24.8 Å². The molecule has 0 aliphatic carbocycles. The molecule has 1 aliphatic heterocycles. The first kappa shape index (κ1) is 18.6. The SMILES string of the molecule is O=C(c1ccc(F)cc1)C1(c2ccccc2)CCN(Cc2ccccc2)CC1. The summed E-state index contributed by atoms with van der Waals surface area (Å²) in [7, 11) is 0. The molecule has 0 bridgehead atoms. The zero-order valence-corrected chi connectivity index (χ0v) is 15.9. The zero-order chi connectivity index (χ0) is 19.4. The quantitative estimate of drug-likeness (QED) is 0.570. The second-order valence-corrected chi connectivity index (χ2v) is 7.55. The van der Waals surface area contributed by atoms with E-state index in [0.29, 0.717) is 5.56 Å². The molecule has 0 amide bonds. The van der Waals surface area contributed by atoms with E-state index in [4.69, 9.17) is 0 Å². The summed E-state index contributed by atoms with van der Waals surface area (Å²) in [5.74, 6) is -0.221. The summed E-state index contributed by atoms with van der Waals surface area (Å²) in [6.07, 6.45) is 1.53. The van der Waals surface area contributed by atoms with Gasteiger partial charge < -0.3 is 0 Å². The lowest BCUT2D eigenvalue weighted by Crippen LogP contribution is -2.47. The van der Waals surface area contributed by atoms with E-state index in [9.17, 15) is 9.18 Å². The third kappa shape index (κ3) is 3.76. The molecule has 3 heteroatoms. The number of piperidine rings is 1. The Kier molecular flexibility index (Phi) is 5.36. The highest BCUT2D eigenvalue weighted by molar-refractivity contribution is 6.04. The summed E-state index contributed by atoms with van der Waals surface area (Å²) in [6.45, 7) is 2.61. The Hall–Kier alpha value is -2.78. The molecule has 1 fully saturated rings. The molecule has 3 aromatic carbocycles. The largest absolute Gasteiger partial charge is 0.299 e. The Labute approximate surface area is 165 Å². The van der Waals surface area contributed by atoms with Crippen LogP contribution in [-0.2, 0) is 12.0 Å². The van der Waals surface area contributed by atoms with Crippen molar-refractivity contribution >= 4 is 5.78 Å². The van der Waals surface area contributed by atoms with Crippen LogP contribution in [0.15, 0.2) is 84.9 Å². The number of carbonyl (C=O) groups excluding carboxylic acids is 1. The van der Waals surface area contributed by atoms with Crippen LogP contribution in [0.2, 0.25) is 0 Å². The van der Waals surface area contributed by atoms with E-state index in [1.165, 1.54) is 17.7 Å². The minimum absolute atomic E-state index is 0.0954. The number of hydrogen-bond donors (Lipinski definition) is 0. The molecule has 142 valence electrons. The van der Waals surface area contributed by atoms with Crippen molar-refractivity contribution in [1.29, 1.82) is 0 Å². The molecule has 1 heterocycles. The second-order valence-electron chi connectivity index (χ2n) is 7.55. The smallest absolute Gasteiger partial charge is 0.173 e. The maximum Gasteiger partial charge on any atom is 0.173 e. The van der Waals surface area contributed by atoms with E-state index in [1.54, 1.807) is 12.1 Å². The van der Waals surface area contributed by atoms with Gasteiger partial charge in [0, 0.05) is 12.1 Å². The van der Waals surface area contributed by atoms with Crippen molar-refractivity contribution in [2.75, 3.05) is 13.1 Å². The Morgan fingerprint density at radius 3 is 2.00 bits per heavy atom. The van der Waals surface area contributed by atoms with Crippen LogP contribution in [0.5, 0.6) is 0 Å². The fourth-order valence-corrected chi connectivity index (χ4v) is 4.22. The van der Waals surface area contributed by atoms with Gasteiger partial charge in [-0.15, -0.1) is 0 Å². The van der Waals surface area contributed by atoms with Crippen molar-refractivity contribution in [3.63, 3.8) is 0 Å². The number of benzene rings is 3. The second kappa shape index (κ2) is 8.07. The van der Waals surface area contributed by atoms with E-state index >= 15 is 0 Å².